The first-order valence-electron chi connectivity index (χ1n) is 3.60. The second kappa shape index (κ2) is 2.66. The minimum Gasteiger partial charge on any atom is -0.374 e. The molecular formula is C8H13NO2. The van der Waals surface area contributed by atoms with Crippen LogP contribution in [0, 0.1) is 0 Å². The van der Waals surface area contributed by atoms with Gasteiger partial charge in [-0.05, 0) is 19.4 Å². The lowest BCUT2D eigenvalue weighted by Crippen LogP contribution is -2.28. The molecule has 1 aliphatic heterocycles. The molecule has 11 heavy (non-hydrogen) atoms. The van der Waals surface area contributed by atoms with Crippen LogP contribution in [0.3, 0.4) is 0 Å². The quantitative estimate of drug-likeness (QED) is 0.629. The van der Waals surface area contributed by atoms with Crippen LogP contribution in [0.5, 0.6) is 0 Å². The van der Waals surface area contributed by atoms with E-state index in [0.29, 0.717) is 6.54 Å². The van der Waals surface area contributed by atoms with E-state index >= 15 is 0 Å². The Morgan fingerprint density at radius 3 is 2.64 bits per heavy atom. The van der Waals surface area contributed by atoms with E-state index in [1.165, 1.54) is 0 Å². The van der Waals surface area contributed by atoms with Crippen molar-refractivity contribution in [3.05, 3.63) is 11.6 Å². The second-order valence-electron chi connectivity index (χ2n) is 3.10. The predicted molar refractivity (Wildman–Crippen MR) is 42.2 cm³/mol. The summed E-state index contributed by atoms with van der Waals surface area (Å²) in [5.41, 5.74) is 0.684. The summed E-state index contributed by atoms with van der Waals surface area (Å²) >= 11 is 0. The maximum Gasteiger partial charge on any atom is 0.244 e. The monoisotopic (exact) mass is 155 g/mol. The van der Waals surface area contributed by atoms with Crippen molar-refractivity contribution in [3.8, 4) is 0 Å². The summed E-state index contributed by atoms with van der Waals surface area (Å²) in [6.45, 7) is 4.50. The van der Waals surface area contributed by atoms with Gasteiger partial charge in [-0.2, -0.15) is 0 Å². The molecule has 0 aromatic carbocycles. The lowest BCUT2D eigenvalue weighted by atomic mass is 9.99. The van der Waals surface area contributed by atoms with Gasteiger partial charge in [0.15, 0.2) is 0 Å². The topological polar surface area (TPSA) is 38.3 Å². The standard InChI is InChI=1S/C8H13NO2/c1-8(2,11-3)6-4-7(10)9-5-6/h4H,5H2,1-3H3,(H,9,10). The second-order valence-corrected chi connectivity index (χ2v) is 3.10. The molecule has 0 saturated carbocycles. The van der Waals surface area contributed by atoms with Crippen LogP contribution in [0.2, 0.25) is 0 Å². The van der Waals surface area contributed by atoms with Gasteiger partial charge in [-0.3, -0.25) is 4.79 Å². The van der Waals surface area contributed by atoms with E-state index in [-0.39, 0.29) is 11.5 Å². The summed E-state index contributed by atoms with van der Waals surface area (Å²) in [6.07, 6.45) is 1.60. The highest BCUT2D eigenvalue weighted by Crippen LogP contribution is 2.20. The van der Waals surface area contributed by atoms with Gasteiger partial charge in [0.05, 0.1) is 5.60 Å². The van der Waals surface area contributed by atoms with Crippen molar-refractivity contribution in [2.24, 2.45) is 0 Å². The van der Waals surface area contributed by atoms with E-state index < -0.39 is 0 Å². The Morgan fingerprint density at radius 1 is 1.64 bits per heavy atom. The molecule has 1 N–H and O–H groups in total. The maximum absolute atomic E-state index is 10.8. The van der Waals surface area contributed by atoms with Gasteiger partial charge in [0.25, 0.3) is 0 Å². The third-order valence-corrected chi connectivity index (χ3v) is 2.04. The smallest absolute Gasteiger partial charge is 0.244 e. The number of hydrogen-bond acceptors (Lipinski definition) is 2. The number of methoxy groups -OCH3 is 1. The van der Waals surface area contributed by atoms with Crippen LogP contribution in [0.4, 0.5) is 0 Å². The summed E-state index contributed by atoms with van der Waals surface area (Å²) in [4.78, 5) is 10.8. The molecule has 1 aliphatic rings. The molecule has 0 spiro atoms. The molecule has 0 radical (unpaired) electrons. The lowest BCUT2D eigenvalue weighted by Gasteiger charge is -2.23. The van der Waals surface area contributed by atoms with Gasteiger partial charge in [0.2, 0.25) is 5.91 Å². The van der Waals surface area contributed by atoms with Crippen molar-refractivity contribution < 1.29 is 9.53 Å². The first-order chi connectivity index (χ1) is 5.06. The average molecular weight is 155 g/mol. The van der Waals surface area contributed by atoms with E-state index in [9.17, 15) is 4.79 Å². The summed E-state index contributed by atoms with van der Waals surface area (Å²) < 4.78 is 5.21. The number of ether oxygens (including phenoxy) is 1. The maximum atomic E-state index is 10.8. The summed E-state index contributed by atoms with van der Waals surface area (Å²) in [7, 11) is 1.64. The first kappa shape index (κ1) is 8.27. The summed E-state index contributed by atoms with van der Waals surface area (Å²) in [5.74, 6) is -0.0230. The molecule has 1 rings (SSSR count). The Kier molecular flexibility index (Phi) is 2.00. The number of hydrogen-bond donors (Lipinski definition) is 1. The van der Waals surface area contributed by atoms with Gasteiger partial charge in [-0.1, -0.05) is 0 Å². The molecule has 0 saturated heterocycles. The Labute approximate surface area is 66.4 Å². The van der Waals surface area contributed by atoms with E-state index in [2.05, 4.69) is 5.32 Å². The molecule has 0 atom stereocenters. The van der Waals surface area contributed by atoms with Crippen LogP contribution in [-0.4, -0.2) is 25.2 Å². The summed E-state index contributed by atoms with van der Waals surface area (Å²) in [5, 5.41) is 2.70. The molecule has 0 fully saturated rings. The Morgan fingerprint density at radius 2 is 2.27 bits per heavy atom. The highest BCUT2D eigenvalue weighted by atomic mass is 16.5. The lowest BCUT2D eigenvalue weighted by molar-refractivity contribution is -0.115. The van der Waals surface area contributed by atoms with Gasteiger partial charge >= 0.3 is 0 Å². The minimum absolute atomic E-state index is 0.0230. The molecule has 0 bridgehead atoms. The van der Waals surface area contributed by atoms with E-state index in [0.717, 1.165) is 5.57 Å². The average Bonchev–Trinajstić information content (AvgIpc) is 2.36. The largest absolute Gasteiger partial charge is 0.374 e. The van der Waals surface area contributed by atoms with Crippen LogP contribution in [0.1, 0.15) is 13.8 Å². The third kappa shape index (κ3) is 1.60. The van der Waals surface area contributed by atoms with Gasteiger partial charge in [0.1, 0.15) is 0 Å². The number of amides is 1. The number of nitrogens with one attached hydrogen (secondary N) is 1. The molecule has 3 heteroatoms. The predicted octanol–water partition coefficient (Wildman–Crippen LogP) is 0.468. The molecule has 1 amide bonds. The molecule has 3 nitrogen and oxygen atoms in total. The highest BCUT2D eigenvalue weighted by molar-refractivity contribution is 5.91. The third-order valence-electron chi connectivity index (χ3n) is 2.04. The van der Waals surface area contributed by atoms with Crippen molar-refractivity contribution in [3.63, 3.8) is 0 Å². The molecular weight excluding hydrogens is 142 g/mol. The minimum atomic E-state index is -0.320. The fourth-order valence-corrected chi connectivity index (χ4v) is 0.960. The molecule has 0 unspecified atom stereocenters. The Hall–Kier alpha value is -0.830. The van der Waals surface area contributed by atoms with E-state index in [4.69, 9.17) is 4.74 Å². The Bertz CT molecular complexity index is 206. The Balaban J connectivity index is 2.76. The van der Waals surface area contributed by atoms with Crippen LogP contribution in [0.25, 0.3) is 0 Å². The van der Waals surface area contributed by atoms with Crippen molar-refractivity contribution in [2.75, 3.05) is 13.7 Å². The zero-order chi connectivity index (χ0) is 8.48. The zero-order valence-corrected chi connectivity index (χ0v) is 7.10. The highest BCUT2D eigenvalue weighted by Gasteiger charge is 2.26. The van der Waals surface area contributed by atoms with Crippen molar-refractivity contribution >= 4 is 5.91 Å². The van der Waals surface area contributed by atoms with Crippen LogP contribution in [-0.2, 0) is 9.53 Å². The molecule has 0 aromatic rings. The number of carbonyl (C=O) groups is 1. The number of rotatable bonds is 2. The van der Waals surface area contributed by atoms with Gasteiger partial charge in [-0.15, -0.1) is 0 Å². The van der Waals surface area contributed by atoms with E-state index in [1.54, 1.807) is 13.2 Å². The molecule has 0 aliphatic carbocycles. The van der Waals surface area contributed by atoms with Gasteiger partial charge < -0.3 is 10.1 Å². The first-order valence-corrected chi connectivity index (χ1v) is 3.60. The van der Waals surface area contributed by atoms with Gasteiger partial charge in [-0.25, -0.2) is 0 Å². The molecule has 1 heterocycles. The van der Waals surface area contributed by atoms with Gasteiger partial charge in [0, 0.05) is 19.7 Å². The fourth-order valence-electron chi connectivity index (χ4n) is 0.960. The number of carbonyl (C=O) groups excluding carboxylic acids is 1. The SMILES string of the molecule is COC(C)(C)C1=CC(=O)NC1. The summed E-state index contributed by atoms with van der Waals surface area (Å²) in [6, 6.07) is 0. The fraction of sp³-hybridized carbons (Fsp3) is 0.625. The molecule has 62 valence electrons. The normalized spacial score (nSPS) is 18.1. The van der Waals surface area contributed by atoms with Crippen LogP contribution >= 0.6 is 0 Å². The van der Waals surface area contributed by atoms with Crippen molar-refractivity contribution in [1.82, 2.24) is 5.32 Å². The van der Waals surface area contributed by atoms with Crippen LogP contribution in [0.15, 0.2) is 11.6 Å². The van der Waals surface area contributed by atoms with Crippen molar-refractivity contribution in [2.45, 2.75) is 19.4 Å². The van der Waals surface area contributed by atoms with Crippen LogP contribution < -0.4 is 5.32 Å². The zero-order valence-electron chi connectivity index (χ0n) is 7.10. The van der Waals surface area contributed by atoms with E-state index in [1.807, 2.05) is 13.8 Å². The van der Waals surface area contributed by atoms with Crippen molar-refractivity contribution in [1.29, 1.82) is 0 Å². The molecule has 0 aromatic heterocycles.